The van der Waals surface area contributed by atoms with Gasteiger partial charge in [0.25, 0.3) is 0 Å². The number of anilines is 1. The fourth-order valence-electron chi connectivity index (χ4n) is 1.78. The Kier molecular flexibility index (Phi) is 4.18. The summed E-state index contributed by atoms with van der Waals surface area (Å²) in [5, 5.41) is 0. The minimum Gasteiger partial charge on any atom is -0.441 e. The summed E-state index contributed by atoms with van der Waals surface area (Å²) >= 11 is 0. The SMILES string of the molecule is CC(OC(=O)N(C)c1ccccc1)c1ccccc1. The van der Waals surface area contributed by atoms with Crippen LogP contribution in [-0.2, 0) is 4.74 Å². The quantitative estimate of drug-likeness (QED) is 0.829. The van der Waals surface area contributed by atoms with E-state index in [1.807, 2.05) is 67.6 Å². The van der Waals surface area contributed by atoms with Crippen molar-refractivity contribution in [3.8, 4) is 0 Å². The van der Waals surface area contributed by atoms with Gasteiger partial charge in [-0.15, -0.1) is 0 Å². The molecule has 0 saturated carbocycles. The lowest BCUT2D eigenvalue weighted by Crippen LogP contribution is -2.27. The number of para-hydroxylation sites is 1. The fraction of sp³-hybridized carbons (Fsp3) is 0.188. The maximum atomic E-state index is 12.0. The number of rotatable bonds is 3. The summed E-state index contributed by atoms with van der Waals surface area (Å²) in [6, 6.07) is 19.1. The number of carbonyl (C=O) groups is 1. The summed E-state index contributed by atoms with van der Waals surface area (Å²) in [6.07, 6.45) is -0.623. The Morgan fingerprint density at radius 1 is 1.00 bits per heavy atom. The molecule has 0 saturated heterocycles. The standard InChI is InChI=1S/C16H17NO2/c1-13(14-9-5-3-6-10-14)19-16(18)17(2)15-11-7-4-8-12-15/h3-13H,1-2H3. The Balaban J connectivity index is 2.02. The molecule has 0 aliphatic carbocycles. The van der Waals surface area contributed by atoms with Crippen molar-refractivity contribution in [2.75, 3.05) is 11.9 Å². The Bertz CT molecular complexity index is 525. The predicted octanol–water partition coefficient (Wildman–Crippen LogP) is 4.02. The second-order valence-electron chi connectivity index (χ2n) is 4.33. The van der Waals surface area contributed by atoms with Crippen LogP contribution in [0.3, 0.4) is 0 Å². The number of hydrogen-bond donors (Lipinski definition) is 0. The molecule has 0 aliphatic heterocycles. The van der Waals surface area contributed by atoms with Crippen molar-refractivity contribution in [1.82, 2.24) is 0 Å². The van der Waals surface area contributed by atoms with E-state index in [0.717, 1.165) is 11.3 Å². The smallest absolute Gasteiger partial charge is 0.414 e. The summed E-state index contributed by atoms with van der Waals surface area (Å²) in [5.41, 5.74) is 1.80. The third kappa shape index (κ3) is 3.35. The molecule has 0 radical (unpaired) electrons. The highest BCUT2D eigenvalue weighted by molar-refractivity contribution is 5.87. The zero-order valence-corrected chi connectivity index (χ0v) is 11.1. The van der Waals surface area contributed by atoms with Crippen molar-refractivity contribution in [2.45, 2.75) is 13.0 Å². The molecule has 0 spiro atoms. The van der Waals surface area contributed by atoms with Crippen molar-refractivity contribution < 1.29 is 9.53 Å². The van der Waals surface area contributed by atoms with E-state index in [-0.39, 0.29) is 12.2 Å². The highest BCUT2D eigenvalue weighted by Crippen LogP contribution is 2.19. The summed E-state index contributed by atoms with van der Waals surface area (Å²) < 4.78 is 5.44. The van der Waals surface area contributed by atoms with E-state index in [1.54, 1.807) is 7.05 Å². The van der Waals surface area contributed by atoms with Crippen LogP contribution in [0.15, 0.2) is 60.7 Å². The van der Waals surface area contributed by atoms with Gasteiger partial charge in [0.05, 0.1) is 0 Å². The van der Waals surface area contributed by atoms with Gasteiger partial charge in [-0.05, 0) is 24.6 Å². The Hall–Kier alpha value is -2.29. The van der Waals surface area contributed by atoms with Gasteiger partial charge < -0.3 is 4.74 Å². The third-order valence-corrected chi connectivity index (χ3v) is 2.96. The normalized spacial score (nSPS) is 11.7. The first-order valence-corrected chi connectivity index (χ1v) is 6.23. The number of benzene rings is 2. The first-order chi connectivity index (χ1) is 9.18. The maximum Gasteiger partial charge on any atom is 0.414 e. The van der Waals surface area contributed by atoms with Crippen LogP contribution in [0.2, 0.25) is 0 Å². The van der Waals surface area contributed by atoms with Crippen molar-refractivity contribution in [1.29, 1.82) is 0 Å². The van der Waals surface area contributed by atoms with Gasteiger partial charge in [0.1, 0.15) is 6.10 Å². The van der Waals surface area contributed by atoms with E-state index in [0.29, 0.717) is 0 Å². The first-order valence-electron chi connectivity index (χ1n) is 6.23. The first kappa shape index (κ1) is 13.1. The summed E-state index contributed by atoms with van der Waals surface area (Å²) in [6.45, 7) is 1.87. The molecule has 3 nitrogen and oxygen atoms in total. The lowest BCUT2D eigenvalue weighted by atomic mass is 10.1. The minimum atomic E-state index is -0.359. The zero-order valence-electron chi connectivity index (χ0n) is 11.1. The average molecular weight is 255 g/mol. The lowest BCUT2D eigenvalue weighted by molar-refractivity contribution is 0.115. The van der Waals surface area contributed by atoms with E-state index < -0.39 is 0 Å². The van der Waals surface area contributed by atoms with E-state index >= 15 is 0 Å². The highest BCUT2D eigenvalue weighted by atomic mass is 16.6. The third-order valence-electron chi connectivity index (χ3n) is 2.96. The number of amides is 1. The number of hydrogen-bond acceptors (Lipinski definition) is 2. The van der Waals surface area contributed by atoms with Crippen LogP contribution in [-0.4, -0.2) is 13.1 Å². The molecule has 1 unspecified atom stereocenters. The van der Waals surface area contributed by atoms with Gasteiger partial charge in [0.2, 0.25) is 0 Å². The van der Waals surface area contributed by atoms with Gasteiger partial charge in [-0.25, -0.2) is 4.79 Å². The van der Waals surface area contributed by atoms with Crippen LogP contribution >= 0.6 is 0 Å². The lowest BCUT2D eigenvalue weighted by Gasteiger charge is -2.20. The average Bonchev–Trinajstić information content (AvgIpc) is 2.48. The van der Waals surface area contributed by atoms with Gasteiger partial charge in [0.15, 0.2) is 0 Å². The van der Waals surface area contributed by atoms with Gasteiger partial charge in [0, 0.05) is 12.7 Å². The molecule has 98 valence electrons. The van der Waals surface area contributed by atoms with E-state index in [2.05, 4.69) is 0 Å². The molecule has 1 atom stereocenters. The monoisotopic (exact) mass is 255 g/mol. The van der Waals surface area contributed by atoms with Crippen LogP contribution in [0, 0.1) is 0 Å². The Labute approximate surface area is 113 Å². The second-order valence-corrected chi connectivity index (χ2v) is 4.33. The molecule has 0 aromatic heterocycles. The number of carbonyl (C=O) groups excluding carboxylic acids is 1. The summed E-state index contributed by atoms with van der Waals surface area (Å²) in [4.78, 5) is 13.5. The molecule has 2 aromatic carbocycles. The maximum absolute atomic E-state index is 12.0. The topological polar surface area (TPSA) is 29.5 Å². The minimum absolute atomic E-state index is 0.264. The van der Waals surface area contributed by atoms with Crippen LogP contribution in [0.4, 0.5) is 10.5 Å². The number of ether oxygens (including phenoxy) is 1. The van der Waals surface area contributed by atoms with E-state index in [1.165, 1.54) is 4.90 Å². The van der Waals surface area contributed by atoms with Gasteiger partial charge in [-0.3, -0.25) is 4.90 Å². The van der Waals surface area contributed by atoms with Crippen molar-refractivity contribution in [2.24, 2.45) is 0 Å². The molecule has 1 amide bonds. The molecule has 2 aromatic rings. The Morgan fingerprint density at radius 2 is 1.53 bits per heavy atom. The summed E-state index contributed by atoms with van der Waals surface area (Å²) in [5.74, 6) is 0. The molecular formula is C16H17NO2. The Morgan fingerprint density at radius 3 is 2.11 bits per heavy atom. The number of nitrogens with zero attached hydrogens (tertiary/aromatic N) is 1. The second kappa shape index (κ2) is 6.05. The molecule has 0 heterocycles. The molecule has 0 N–H and O–H groups in total. The van der Waals surface area contributed by atoms with Crippen LogP contribution in [0.5, 0.6) is 0 Å². The predicted molar refractivity (Wildman–Crippen MR) is 76.2 cm³/mol. The van der Waals surface area contributed by atoms with E-state index in [4.69, 9.17) is 4.74 Å². The molecule has 2 rings (SSSR count). The van der Waals surface area contributed by atoms with E-state index in [9.17, 15) is 4.79 Å². The highest BCUT2D eigenvalue weighted by Gasteiger charge is 2.16. The van der Waals surface area contributed by atoms with Crippen LogP contribution in [0.25, 0.3) is 0 Å². The van der Waals surface area contributed by atoms with Crippen LogP contribution in [0.1, 0.15) is 18.6 Å². The van der Waals surface area contributed by atoms with Crippen molar-refractivity contribution >= 4 is 11.8 Å². The molecule has 0 aliphatic rings. The largest absolute Gasteiger partial charge is 0.441 e. The molecule has 0 bridgehead atoms. The molecular weight excluding hydrogens is 238 g/mol. The van der Waals surface area contributed by atoms with Crippen molar-refractivity contribution in [3.05, 3.63) is 66.2 Å². The molecule has 19 heavy (non-hydrogen) atoms. The van der Waals surface area contributed by atoms with Gasteiger partial charge in [-0.2, -0.15) is 0 Å². The van der Waals surface area contributed by atoms with Crippen molar-refractivity contribution in [3.63, 3.8) is 0 Å². The summed E-state index contributed by atoms with van der Waals surface area (Å²) in [7, 11) is 1.70. The fourth-order valence-corrected chi connectivity index (χ4v) is 1.78. The van der Waals surface area contributed by atoms with Gasteiger partial charge >= 0.3 is 6.09 Å². The van der Waals surface area contributed by atoms with Crippen LogP contribution < -0.4 is 4.90 Å². The van der Waals surface area contributed by atoms with Gasteiger partial charge in [-0.1, -0.05) is 48.5 Å². The zero-order chi connectivity index (χ0) is 13.7. The molecule has 3 heteroatoms. The molecule has 0 fully saturated rings.